The Kier molecular flexibility index (Phi) is 5.72. The maximum absolute atomic E-state index is 12.3. The number of hydrogen-bond acceptors (Lipinski definition) is 5. The van der Waals surface area contributed by atoms with E-state index in [4.69, 9.17) is 16.3 Å². The first-order valence-corrected chi connectivity index (χ1v) is 9.90. The predicted octanol–water partition coefficient (Wildman–Crippen LogP) is 4.27. The van der Waals surface area contributed by atoms with Gasteiger partial charge in [0.05, 0.1) is 18.7 Å². The molecule has 1 aliphatic heterocycles. The third-order valence-electron chi connectivity index (χ3n) is 3.94. The minimum absolute atomic E-state index is 0.168. The first kappa shape index (κ1) is 19.6. The molecule has 1 aromatic heterocycles. The Morgan fingerprint density at radius 3 is 2.78 bits per heavy atom. The van der Waals surface area contributed by atoms with E-state index >= 15 is 0 Å². The summed E-state index contributed by atoms with van der Waals surface area (Å²) < 4.78 is 5.43. The van der Waals surface area contributed by atoms with Crippen molar-refractivity contribution in [2.24, 2.45) is 0 Å². The fourth-order valence-corrected chi connectivity index (χ4v) is 3.95. The van der Waals surface area contributed by atoms with Crippen molar-refractivity contribution in [3.63, 3.8) is 0 Å². The molecule has 2 amide bonds. The van der Waals surface area contributed by atoms with Crippen LogP contribution < -0.4 is 5.32 Å². The summed E-state index contributed by atoms with van der Waals surface area (Å²) in [5.74, 6) is -0.168. The molecule has 8 heteroatoms. The normalized spacial score (nSPS) is 13.9. The van der Waals surface area contributed by atoms with Crippen molar-refractivity contribution in [2.75, 3.05) is 11.9 Å². The number of benzene rings is 1. The van der Waals surface area contributed by atoms with E-state index < -0.39 is 5.60 Å². The zero-order valence-corrected chi connectivity index (χ0v) is 17.1. The van der Waals surface area contributed by atoms with Gasteiger partial charge >= 0.3 is 6.09 Å². The summed E-state index contributed by atoms with van der Waals surface area (Å²) in [6.45, 7) is 6.54. The molecule has 1 aromatic carbocycles. The van der Waals surface area contributed by atoms with Crippen molar-refractivity contribution < 1.29 is 14.3 Å². The van der Waals surface area contributed by atoms with E-state index in [9.17, 15) is 9.59 Å². The summed E-state index contributed by atoms with van der Waals surface area (Å²) in [7, 11) is 0. The predicted molar refractivity (Wildman–Crippen MR) is 106 cm³/mol. The molecule has 144 valence electrons. The maximum Gasteiger partial charge on any atom is 0.410 e. The van der Waals surface area contributed by atoms with Crippen molar-refractivity contribution in [3.8, 4) is 0 Å². The van der Waals surface area contributed by atoms with Crippen molar-refractivity contribution >= 4 is 40.1 Å². The van der Waals surface area contributed by atoms with Crippen LogP contribution in [-0.4, -0.2) is 34.0 Å². The number of carbonyl (C=O) groups is 2. The van der Waals surface area contributed by atoms with Gasteiger partial charge in [-0.1, -0.05) is 41.1 Å². The van der Waals surface area contributed by atoms with Crippen molar-refractivity contribution in [2.45, 2.75) is 45.8 Å². The van der Waals surface area contributed by atoms with Gasteiger partial charge in [0.25, 0.3) is 0 Å². The van der Waals surface area contributed by atoms with Gasteiger partial charge in [0.2, 0.25) is 5.91 Å². The molecule has 6 nitrogen and oxygen atoms in total. The van der Waals surface area contributed by atoms with Crippen LogP contribution in [0.15, 0.2) is 24.3 Å². The van der Waals surface area contributed by atoms with E-state index in [-0.39, 0.29) is 18.4 Å². The van der Waals surface area contributed by atoms with Gasteiger partial charge in [-0.2, -0.15) is 0 Å². The van der Waals surface area contributed by atoms with Gasteiger partial charge < -0.3 is 15.0 Å². The molecule has 0 radical (unpaired) electrons. The minimum atomic E-state index is -0.525. The van der Waals surface area contributed by atoms with E-state index in [1.165, 1.54) is 11.3 Å². The second-order valence-corrected chi connectivity index (χ2v) is 8.85. The summed E-state index contributed by atoms with van der Waals surface area (Å²) in [4.78, 5) is 31.7. The minimum Gasteiger partial charge on any atom is -0.444 e. The van der Waals surface area contributed by atoms with Crippen LogP contribution >= 0.6 is 22.9 Å². The number of carbonyl (C=O) groups excluding carboxylic acids is 2. The van der Waals surface area contributed by atoms with Crippen LogP contribution in [0.4, 0.5) is 9.93 Å². The molecular weight excluding hydrogens is 386 g/mol. The van der Waals surface area contributed by atoms with Crippen LogP contribution in [0.2, 0.25) is 5.02 Å². The molecule has 2 heterocycles. The topological polar surface area (TPSA) is 71.5 Å². The summed E-state index contributed by atoms with van der Waals surface area (Å²) >= 11 is 7.49. The number of hydrogen-bond donors (Lipinski definition) is 1. The fraction of sp³-hybridized carbons (Fsp3) is 0.421. The SMILES string of the molecule is CC(C)(C)OC(=O)N1CCc2nc(NC(=O)Cc3ccccc3Cl)sc2C1. The maximum atomic E-state index is 12.3. The van der Waals surface area contributed by atoms with Crippen LogP contribution in [0.5, 0.6) is 0 Å². The monoisotopic (exact) mass is 407 g/mol. The number of halogens is 1. The molecule has 2 aromatic rings. The van der Waals surface area contributed by atoms with Crippen LogP contribution in [0.1, 0.15) is 36.9 Å². The van der Waals surface area contributed by atoms with Crippen molar-refractivity contribution in [3.05, 3.63) is 45.4 Å². The summed E-state index contributed by atoms with van der Waals surface area (Å²) in [5, 5.41) is 3.95. The van der Waals surface area contributed by atoms with Crippen molar-refractivity contribution in [1.82, 2.24) is 9.88 Å². The van der Waals surface area contributed by atoms with Gasteiger partial charge in [-0.3, -0.25) is 4.79 Å². The Hall–Kier alpha value is -2.12. The Bertz CT molecular complexity index is 860. The third-order valence-corrected chi connectivity index (χ3v) is 5.30. The van der Waals surface area contributed by atoms with Crippen molar-refractivity contribution in [1.29, 1.82) is 0 Å². The number of nitrogens with zero attached hydrogens (tertiary/aromatic N) is 2. The first-order valence-electron chi connectivity index (χ1n) is 8.71. The van der Waals surface area contributed by atoms with Gasteiger partial charge in [-0.05, 0) is 32.4 Å². The number of fused-ring (bicyclic) bond motifs is 1. The molecule has 1 aliphatic rings. The molecule has 3 rings (SSSR count). The zero-order chi connectivity index (χ0) is 19.6. The number of thiazole rings is 1. The lowest BCUT2D eigenvalue weighted by molar-refractivity contribution is -0.115. The number of aromatic nitrogens is 1. The lowest BCUT2D eigenvalue weighted by Gasteiger charge is -2.29. The Balaban J connectivity index is 1.62. The molecule has 0 bridgehead atoms. The summed E-state index contributed by atoms with van der Waals surface area (Å²) in [6, 6.07) is 7.27. The first-order chi connectivity index (χ1) is 12.7. The quantitative estimate of drug-likeness (QED) is 0.824. The second-order valence-electron chi connectivity index (χ2n) is 7.36. The number of anilines is 1. The van der Waals surface area contributed by atoms with Crippen LogP contribution in [0.25, 0.3) is 0 Å². The second kappa shape index (κ2) is 7.86. The largest absolute Gasteiger partial charge is 0.444 e. The smallest absolute Gasteiger partial charge is 0.410 e. The highest BCUT2D eigenvalue weighted by molar-refractivity contribution is 7.15. The molecule has 0 saturated carbocycles. The number of rotatable bonds is 3. The molecular formula is C19H22ClN3O3S. The third kappa shape index (κ3) is 5.20. The summed E-state index contributed by atoms with van der Waals surface area (Å²) in [6.07, 6.45) is 0.505. The zero-order valence-electron chi connectivity index (χ0n) is 15.5. The number of amides is 2. The van der Waals surface area contributed by atoms with E-state index in [1.807, 2.05) is 39.0 Å². The molecule has 0 atom stereocenters. The average Bonchev–Trinajstić information content (AvgIpc) is 2.96. The average molecular weight is 408 g/mol. The van der Waals surface area contributed by atoms with Gasteiger partial charge in [0.1, 0.15) is 5.60 Å². The summed E-state index contributed by atoms with van der Waals surface area (Å²) in [5.41, 5.74) is 1.17. The van der Waals surface area contributed by atoms with Gasteiger partial charge in [-0.15, -0.1) is 0 Å². The van der Waals surface area contributed by atoms with Crippen LogP contribution in [-0.2, 0) is 28.9 Å². The lowest BCUT2D eigenvalue weighted by atomic mass is 10.1. The Morgan fingerprint density at radius 2 is 2.07 bits per heavy atom. The Labute approximate surface area is 167 Å². The number of nitrogens with one attached hydrogen (secondary N) is 1. The molecule has 27 heavy (non-hydrogen) atoms. The van der Waals surface area contributed by atoms with E-state index in [2.05, 4.69) is 10.3 Å². The highest BCUT2D eigenvalue weighted by Crippen LogP contribution is 2.29. The molecule has 0 unspecified atom stereocenters. The molecule has 0 saturated heterocycles. The van der Waals surface area contributed by atoms with E-state index in [0.29, 0.717) is 29.7 Å². The molecule has 0 aliphatic carbocycles. The van der Waals surface area contributed by atoms with Crippen LogP contribution in [0.3, 0.4) is 0 Å². The highest BCUT2D eigenvalue weighted by atomic mass is 35.5. The molecule has 0 fully saturated rings. The fourth-order valence-electron chi connectivity index (χ4n) is 2.71. The molecule has 1 N–H and O–H groups in total. The van der Waals surface area contributed by atoms with Gasteiger partial charge in [-0.25, -0.2) is 9.78 Å². The Morgan fingerprint density at radius 1 is 1.33 bits per heavy atom. The standard InChI is InChI=1S/C19H22ClN3O3S/c1-19(2,3)26-18(25)23-9-8-14-15(11-23)27-17(21-14)22-16(24)10-12-6-4-5-7-13(12)20/h4-7H,8-11H2,1-3H3,(H,21,22,24). The van der Waals surface area contributed by atoms with Crippen LogP contribution in [0, 0.1) is 0 Å². The number of ether oxygens (including phenoxy) is 1. The van der Waals surface area contributed by atoms with Gasteiger partial charge in [0, 0.05) is 22.9 Å². The lowest BCUT2D eigenvalue weighted by Crippen LogP contribution is -2.39. The van der Waals surface area contributed by atoms with E-state index in [0.717, 1.165) is 16.1 Å². The van der Waals surface area contributed by atoms with Gasteiger partial charge in [0.15, 0.2) is 5.13 Å². The van der Waals surface area contributed by atoms with E-state index in [1.54, 1.807) is 11.0 Å². The molecule has 0 spiro atoms. The highest BCUT2D eigenvalue weighted by Gasteiger charge is 2.28.